The van der Waals surface area contributed by atoms with Crippen LogP contribution in [-0.2, 0) is 9.59 Å². The largest absolute Gasteiger partial charge is 0.496 e. The van der Waals surface area contributed by atoms with Gasteiger partial charge in [0.2, 0.25) is 11.8 Å². The van der Waals surface area contributed by atoms with Gasteiger partial charge in [0.05, 0.1) is 7.11 Å². The Morgan fingerprint density at radius 2 is 1.74 bits per heavy atom. The Hall–Kier alpha value is -2.34. The Morgan fingerprint density at radius 1 is 1.09 bits per heavy atom. The van der Waals surface area contributed by atoms with Crippen LogP contribution in [-0.4, -0.2) is 79.4 Å². The van der Waals surface area contributed by atoms with E-state index in [-0.39, 0.29) is 23.1 Å². The molecule has 0 N–H and O–H groups in total. The van der Waals surface area contributed by atoms with Gasteiger partial charge in [-0.2, -0.15) is 0 Å². The molecule has 1 aromatic carbocycles. The molecule has 0 aliphatic carbocycles. The van der Waals surface area contributed by atoms with E-state index in [1.807, 2.05) is 60.1 Å². The van der Waals surface area contributed by atoms with Gasteiger partial charge in [-0.3, -0.25) is 14.5 Å². The summed E-state index contributed by atoms with van der Waals surface area (Å²) < 4.78 is 5.42. The van der Waals surface area contributed by atoms with E-state index in [2.05, 4.69) is 32.6 Å². The Kier molecular flexibility index (Phi) is 11.3. The molecule has 1 saturated heterocycles. The Labute approximate surface area is 213 Å². The van der Waals surface area contributed by atoms with Crippen molar-refractivity contribution in [3.63, 3.8) is 0 Å². The zero-order valence-electron chi connectivity index (χ0n) is 23.0. The third kappa shape index (κ3) is 10.0. The molecule has 1 heterocycles. The number of methoxy groups -OCH3 is 1. The highest BCUT2D eigenvalue weighted by atomic mass is 16.5. The summed E-state index contributed by atoms with van der Waals surface area (Å²) >= 11 is 0. The first-order chi connectivity index (χ1) is 16.5. The molecule has 196 valence electrons. The lowest BCUT2D eigenvalue weighted by Gasteiger charge is -2.36. The van der Waals surface area contributed by atoms with Crippen molar-refractivity contribution < 1.29 is 14.3 Å². The molecule has 1 aromatic rings. The predicted molar refractivity (Wildman–Crippen MR) is 144 cm³/mol. The third-order valence-electron chi connectivity index (χ3n) is 6.46. The SMILES string of the molecule is COc1ccccc1/C=C/CN(CCN1CCN(C(=O)CC(C)CC(C)(C)C)CC1)C(=O)C(C)C. The van der Waals surface area contributed by atoms with Gasteiger partial charge >= 0.3 is 0 Å². The maximum Gasteiger partial charge on any atom is 0.225 e. The molecule has 1 atom stereocenters. The second-order valence-electron chi connectivity index (χ2n) is 11.4. The number of ether oxygens (including phenoxy) is 1. The number of carbonyl (C=O) groups is 2. The molecule has 0 saturated carbocycles. The number of rotatable bonds is 11. The minimum Gasteiger partial charge on any atom is -0.496 e. The molecule has 2 rings (SSSR count). The van der Waals surface area contributed by atoms with Crippen LogP contribution in [0.15, 0.2) is 30.3 Å². The normalized spacial score (nSPS) is 16.1. The van der Waals surface area contributed by atoms with Gasteiger partial charge in [0.25, 0.3) is 0 Å². The van der Waals surface area contributed by atoms with Crippen LogP contribution in [0.5, 0.6) is 5.75 Å². The predicted octanol–water partition coefficient (Wildman–Crippen LogP) is 4.80. The second kappa shape index (κ2) is 13.7. The first-order valence-electron chi connectivity index (χ1n) is 13.1. The Balaban J connectivity index is 1.85. The smallest absolute Gasteiger partial charge is 0.225 e. The van der Waals surface area contributed by atoms with Gasteiger partial charge in [-0.05, 0) is 23.8 Å². The number of amides is 2. The van der Waals surface area contributed by atoms with Crippen molar-refractivity contribution in [1.29, 1.82) is 0 Å². The van der Waals surface area contributed by atoms with Crippen LogP contribution in [0, 0.1) is 17.3 Å². The zero-order chi connectivity index (χ0) is 26.0. The van der Waals surface area contributed by atoms with Gasteiger partial charge in [-0.1, -0.05) is 71.9 Å². The molecule has 2 amide bonds. The van der Waals surface area contributed by atoms with Gasteiger partial charge in [-0.15, -0.1) is 0 Å². The average Bonchev–Trinajstić information content (AvgIpc) is 2.80. The van der Waals surface area contributed by atoms with Crippen molar-refractivity contribution in [3.05, 3.63) is 35.9 Å². The lowest BCUT2D eigenvalue weighted by molar-refractivity contribution is -0.134. The van der Waals surface area contributed by atoms with Crippen LogP contribution < -0.4 is 4.74 Å². The van der Waals surface area contributed by atoms with E-state index in [0.717, 1.165) is 50.5 Å². The number of nitrogens with zero attached hydrogens (tertiary/aromatic N) is 3. The monoisotopic (exact) mass is 485 g/mol. The quantitative estimate of drug-likeness (QED) is 0.452. The average molecular weight is 486 g/mol. The summed E-state index contributed by atoms with van der Waals surface area (Å²) in [6, 6.07) is 7.88. The van der Waals surface area contributed by atoms with Gasteiger partial charge < -0.3 is 14.5 Å². The first kappa shape index (κ1) is 28.9. The molecule has 1 fully saturated rings. The first-order valence-corrected chi connectivity index (χ1v) is 13.1. The number of para-hydroxylation sites is 1. The van der Waals surface area contributed by atoms with E-state index in [9.17, 15) is 9.59 Å². The van der Waals surface area contributed by atoms with Crippen LogP contribution in [0.4, 0.5) is 0 Å². The number of carbonyl (C=O) groups excluding carboxylic acids is 2. The lowest BCUT2D eigenvalue weighted by atomic mass is 9.84. The molecule has 6 heteroatoms. The van der Waals surface area contributed by atoms with E-state index in [4.69, 9.17) is 4.74 Å². The minimum absolute atomic E-state index is 0.0424. The Bertz CT molecular complexity index is 836. The highest BCUT2D eigenvalue weighted by Crippen LogP contribution is 2.26. The van der Waals surface area contributed by atoms with Gasteiger partial charge in [-0.25, -0.2) is 0 Å². The Morgan fingerprint density at radius 3 is 2.34 bits per heavy atom. The molecule has 35 heavy (non-hydrogen) atoms. The lowest BCUT2D eigenvalue weighted by Crippen LogP contribution is -2.51. The molecule has 0 radical (unpaired) electrons. The van der Waals surface area contributed by atoms with Crippen LogP contribution >= 0.6 is 0 Å². The van der Waals surface area contributed by atoms with Crippen molar-refractivity contribution in [1.82, 2.24) is 14.7 Å². The summed E-state index contributed by atoms with van der Waals surface area (Å²) in [6.07, 6.45) is 5.74. The van der Waals surface area contributed by atoms with Crippen molar-refractivity contribution in [2.45, 2.75) is 54.4 Å². The number of hydrogen-bond acceptors (Lipinski definition) is 4. The summed E-state index contributed by atoms with van der Waals surface area (Å²) in [6.45, 7) is 18.1. The highest BCUT2D eigenvalue weighted by Gasteiger charge is 2.25. The van der Waals surface area contributed by atoms with Crippen molar-refractivity contribution >= 4 is 17.9 Å². The molecule has 0 bridgehead atoms. The molecule has 0 aromatic heterocycles. The van der Waals surface area contributed by atoms with Gasteiger partial charge in [0.1, 0.15) is 5.75 Å². The van der Waals surface area contributed by atoms with Crippen LogP contribution in [0.3, 0.4) is 0 Å². The van der Waals surface area contributed by atoms with Crippen LogP contribution in [0.25, 0.3) is 6.08 Å². The maximum absolute atomic E-state index is 12.8. The van der Waals surface area contributed by atoms with Crippen molar-refractivity contribution in [2.75, 3.05) is 52.9 Å². The van der Waals surface area contributed by atoms with Gasteiger partial charge in [0.15, 0.2) is 0 Å². The highest BCUT2D eigenvalue weighted by molar-refractivity contribution is 5.78. The molecule has 6 nitrogen and oxygen atoms in total. The summed E-state index contributed by atoms with van der Waals surface area (Å²) in [5.41, 5.74) is 1.25. The standard InChI is InChI=1S/C29H47N3O3/c1-23(2)28(34)32(14-10-12-25-11-8-9-13-26(25)35-7)20-17-30-15-18-31(19-16-30)27(33)21-24(3)22-29(4,5)6/h8-13,23-24H,14-22H2,1-7H3/b12-10+. The topological polar surface area (TPSA) is 53.1 Å². The van der Waals surface area contributed by atoms with E-state index in [1.54, 1.807) is 7.11 Å². The molecule has 0 spiro atoms. The van der Waals surface area contributed by atoms with Gasteiger partial charge in [0, 0.05) is 63.7 Å². The summed E-state index contributed by atoms with van der Waals surface area (Å²) in [5.74, 6) is 1.63. The molecule has 1 aliphatic rings. The zero-order valence-corrected chi connectivity index (χ0v) is 23.0. The van der Waals surface area contributed by atoms with Crippen LogP contribution in [0.1, 0.15) is 59.9 Å². The summed E-state index contributed by atoms with van der Waals surface area (Å²) in [7, 11) is 1.67. The maximum atomic E-state index is 12.8. The van der Waals surface area contributed by atoms with Crippen LogP contribution in [0.2, 0.25) is 0 Å². The number of benzene rings is 1. The third-order valence-corrected chi connectivity index (χ3v) is 6.46. The van der Waals surface area contributed by atoms with Crippen molar-refractivity contribution in [2.24, 2.45) is 17.3 Å². The molecule has 1 unspecified atom stereocenters. The van der Waals surface area contributed by atoms with E-state index in [1.165, 1.54) is 0 Å². The van der Waals surface area contributed by atoms with E-state index in [0.29, 0.717) is 25.4 Å². The second-order valence-corrected chi connectivity index (χ2v) is 11.4. The molecule has 1 aliphatic heterocycles. The molecular weight excluding hydrogens is 438 g/mol. The van der Waals surface area contributed by atoms with E-state index >= 15 is 0 Å². The summed E-state index contributed by atoms with van der Waals surface area (Å²) in [5, 5.41) is 0. The van der Waals surface area contributed by atoms with Crippen molar-refractivity contribution in [3.8, 4) is 5.75 Å². The number of hydrogen-bond donors (Lipinski definition) is 0. The fraction of sp³-hybridized carbons (Fsp3) is 0.655. The number of piperazine rings is 1. The fourth-order valence-corrected chi connectivity index (χ4v) is 4.80. The fourth-order valence-electron chi connectivity index (χ4n) is 4.80. The summed E-state index contributed by atoms with van der Waals surface area (Å²) in [4.78, 5) is 31.9. The van der Waals surface area contributed by atoms with E-state index < -0.39 is 0 Å². The molecular formula is C29H47N3O3. The minimum atomic E-state index is -0.0424.